The van der Waals surface area contributed by atoms with Crippen LogP contribution in [0, 0.1) is 11.8 Å². The summed E-state index contributed by atoms with van der Waals surface area (Å²) in [6.07, 6.45) is 4.94. The number of piperidine rings is 1. The molecule has 2 fully saturated rings. The van der Waals surface area contributed by atoms with E-state index >= 15 is 0 Å². The van der Waals surface area contributed by atoms with Gasteiger partial charge in [-0.15, -0.1) is 0 Å². The van der Waals surface area contributed by atoms with Crippen molar-refractivity contribution in [2.24, 2.45) is 11.8 Å². The highest BCUT2D eigenvalue weighted by Gasteiger charge is 2.23. The van der Waals surface area contributed by atoms with Crippen molar-refractivity contribution < 1.29 is 9.59 Å². The summed E-state index contributed by atoms with van der Waals surface area (Å²) in [5.41, 5.74) is 0. The second-order valence-corrected chi connectivity index (χ2v) is 8.25. The van der Waals surface area contributed by atoms with Gasteiger partial charge in [0.05, 0.1) is 0 Å². The van der Waals surface area contributed by atoms with Crippen molar-refractivity contribution in [3.8, 4) is 0 Å². The number of rotatable bonds is 8. The van der Waals surface area contributed by atoms with Gasteiger partial charge in [-0.25, -0.2) is 0 Å². The van der Waals surface area contributed by atoms with E-state index in [1.807, 2.05) is 39.6 Å². The van der Waals surface area contributed by atoms with E-state index in [-0.39, 0.29) is 17.7 Å². The van der Waals surface area contributed by atoms with Crippen LogP contribution in [0.15, 0.2) is 0 Å². The maximum atomic E-state index is 12.4. The standard InChI is InChI=1S/C20H38N4O2.C2H6/c1-17(2)20(26)22(3)11-5-4-6-19(25)24-14-12-23(13-15-24)16-18-7-9-21-10-8-18;1-2/h17-18,21H,4-16H2,1-3H3;1-2H3. The molecule has 0 radical (unpaired) electrons. The Morgan fingerprint density at radius 2 is 1.64 bits per heavy atom. The van der Waals surface area contributed by atoms with Crippen LogP contribution in [-0.4, -0.2) is 85.9 Å². The lowest BCUT2D eigenvalue weighted by Gasteiger charge is -2.37. The van der Waals surface area contributed by atoms with E-state index in [0.717, 1.165) is 64.6 Å². The summed E-state index contributed by atoms with van der Waals surface area (Å²) < 4.78 is 0. The van der Waals surface area contributed by atoms with E-state index in [2.05, 4.69) is 10.2 Å². The summed E-state index contributed by atoms with van der Waals surface area (Å²) >= 11 is 0. The largest absolute Gasteiger partial charge is 0.346 e. The molecule has 0 aromatic carbocycles. The Bertz CT molecular complexity index is 442. The molecule has 2 aliphatic rings. The molecule has 6 nitrogen and oxygen atoms in total. The zero-order valence-electron chi connectivity index (χ0n) is 19.0. The van der Waals surface area contributed by atoms with Crippen LogP contribution in [0.5, 0.6) is 0 Å². The zero-order chi connectivity index (χ0) is 20.9. The highest BCUT2D eigenvalue weighted by molar-refractivity contribution is 5.78. The molecule has 0 aliphatic carbocycles. The van der Waals surface area contributed by atoms with Gasteiger partial charge in [0.1, 0.15) is 0 Å². The second kappa shape index (κ2) is 13.9. The first-order chi connectivity index (χ1) is 13.5. The number of piperazine rings is 1. The van der Waals surface area contributed by atoms with Crippen molar-refractivity contribution in [1.29, 1.82) is 0 Å². The normalized spacial score (nSPS) is 18.6. The molecular weight excluding hydrogens is 352 g/mol. The molecule has 28 heavy (non-hydrogen) atoms. The summed E-state index contributed by atoms with van der Waals surface area (Å²) in [5.74, 6) is 1.33. The molecule has 2 heterocycles. The molecule has 2 aliphatic heterocycles. The van der Waals surface area contributed by atoms with Crippen molar-refractivity contribution in [1.82, 2.24) is 20.0 Å². The number of carbonyl (C=O) groups excluding carboxylic acids is 2. The Balaban J connectivity index is 0.00000190. The van der Waals surface area contributed by atoms with Crippen molar-refractivity contribution in [2.45, 2.75) is 59.8 Å². The van der Waals surface area contributed by atoms with Crippen LogP contribution in [-0.2, 0) is 9.59 Å². The Labute approximate surface area is 173 Å². The summed E-state index contributed by atoms with van der Waals surface area (Å²) in [5, 5.41) is 3.42. The topological polar surface area (TPSA) is 55.9 Å². The molecule has 0 spiro atoms. The van der Waals surface area contributed by atoms with Crippen LogP contribution < -0.4 is 5.32 Å². The third kappa shape index (κ3) is 8.91. The van der Waals surface area contributed by atoms with Crippen molar-refractivity contribution >= 4 is 11.8 Å². The number of unbranched alkanes of at least 4 members (excludes halogenated alkanes) is 1. The maximum Gasteiger partial charge on any atom is 0.224 e. The van der Waals surface area contributed by atoms with Gasteiger partial charge in [-0.2, -0.15) is 0 Å². The zero-order valence-corrected chi connectivity index (χ0v) is 19.0. The van der Waals surface area contributed by atoms with Gasteiger partial charge >= 0.3 is 0 Å². The summed E-state index contributed by atoms with van der Waals surface area (Å²) in [6, 6.07) is 0. The third-order valence-electron chi connectivity index (χ3n) is 5.70. The van der Waals surface area contributed by atoms with E-state index in [0.29, 0.717) is 6.42 Å². The van der Waals surface area contributed by atoms with Gasteiger partial charge in [-0.3, -0.25) is 14.5 Å². The first kappa shape index (κ1) is 24.9. The summed E-state index contributed by atoms with van der Waals surface area (Å²) in [4.78, 5) is 30.6. The molecule has 0 bridgehead atoms. The molecule has 164 valence electrons. The Kier molecular flexibility index (Phi) is 12.4. The highest BCUT2D eigenvalue weighted by Crippen LogP contribution is 2.15. The Morgan fingerprint density at radius 1 is 1.04 bits per heavy atom. The van der Waals surface area contributed by atoms with Gasteiger partial charge in [-0.05, 0) is 44.7 Å². The fourth-order valence-corrected chi connectivity index (χ4v) is 3.94. The molecule has 2 rings (SSSR count). The molecule has 0 aromatic rings. The van der Waals surface area contributed by atoms with Crippen LogP contribution in [0.3, 0.4) is 0 Å². The van der Waals surface area contributed by atoms with E-state index in [9.17, 15) is 9.59 Å². The second-order valence-electron chi connectivity index (χ2n) is 8.25. The number of nitrogens with one attached hydrogen (secondary N) is 1. The lowest BCUT2D eigenvalue weighted by atomic mass is 9.97. The predicted octanol–water partition coefficient (Wildman–Crippen LogP) is 2.44. The average molecular weight is 397 g/mol. The van der Waals surface area contributed by atoms with Gasteiger partial charge < -0.3 is 15.1 Å². The fourth-order valence-electron chi connectivity index (χ4n) is 3.94. The smallest absolute Gasteiger partial charge is 0.224 e. The number of hydrogen-bond acceptors (Lipinski definition) is 4. The predicted molar refractivity (Wildman–Crippen MR) is 116 cm³/mol. The van der Waals surface area contributed by atoms with E-state index in [1.165, 1.54) is 19.4 Å². The molecule has 2 saturated heterocycles. The van der Waals surface area contributed by atoms with Crippen LogP contribution >= 0.6 is 0 Å². The van der Waals surface area contributed by atoms with E-state index in [4.69, 9.17) is 0 Å². The van der Waals surface area contributed by atoms with Gasteiger partial charge in [0.15, 0.2) is 0 Å². The SMILES string of the molecule is CC.CC(C)C(=O)N(C)CCCCC(=O)N1CCN(CC2CCNCC2)CC1. The monoisotopic (exact) mass is 396 g/mol. The number of carbonyl (C=O) groups is 2. The van der Waals surface area contributed by atoms with Crippen LogP contribution in [0.2, 0.25) is 0 Å². The summed E-state index contributed by atoms with van der Waals surface area (Å²) in [7, 11) is 1.85. The molecule has 1 N–H and O–H groups in total. The Morgan fingerprint density at radius 3 is 2.21 bits per heavy atom. The van der Waals surface area contributed by atoms with E-state index < -0.39 is 0 Å². The number of nitrogens with zero attached hydrogens (tertiary/aromatic N) is 3. The first-order valence-electron chi connectivity index (χ1n) is 11.4. The highest BCUT2D eigenvalue weighted by atomic mass is 16.2. The average Bonchev–Trinajstić information content (AvgIpc) is 2.73. The number of amides is 2. The minimum absolute atomic E-state index is 0.0443. The lowest BCUT2D eigenvalue weighted by molar-refractivity contribution is -0.133. The molecule has 2 amide bonds. The van der Waals surface area contributed by atoms with Crippen LogP contribution in [0.1, 0.15) is 59.8 Å². The van der Waals surface area contributed by atoms with Gasteiger partial charge in [0.2, 0.25) is 11.8 Å². The van der Waals surface area contributed by atoms with E-state index in [1.54, 1.807) is 4.90 Å². The first-order valence-corrected chi connectivity index (χ1v) is 11.4. The van der Waals surface area contributed by atoms with Crippen LogP contribution in [0.25, 0.3) is 0 Å². The lowest BCUT2D eigenvalue weighted by Crippen LogP contribution is -2.50. The van der Waals surface area contributed by atoms with Crippen molar-refractivity contribution in [3.63, 3.8) is 0 Å². The van der Waals surface area contributed by atoms with Crippen molar-refractivity contribution in [3.05, 3.63) is 0 Å². The third-order valence-corrected chi connectivity index (χ3v) is 5.70. The van der Waals surface area contributed by atoms with Gasteiger partial charge in [0, 0.05) is 58.7 Å². The molecular formula is C22H44N4O2. The molecule has 0 saturated carbocycles. The quantitative estimate of drug-likeness (QED) is 0.640. The van der Waals surface area contributed by atoms with Gasteiger partial charge in [0.25, 0.3) is 0 Å². The minimum atomic E-state index is 0.0443. The van der Waals surface area contributed by atoms with Gasteiger partial charge in [-0.1, -0.05) is 27.7 Å². The fraction of sp³-hybridized carbons (Fsp3) is 0.909. The Hall–Kier alpha value is -1.14. The maximum absolute atomic E-state index is 12.4. The molecule has 0 aromatic heterocycles. The summed E-state index contributed by atoms with van der Waals surface area (Å²) in [6.45, 7) is 15.9. The molecule has 6 heteroatoms. The minimum Gasteiger partial charge on any atom is -0.346 e. The number of hydrogen-bond donors (Lipinski definition) is 1. The molecule has 0 unspecified atom stereocenters. The molecule has 0 atom stereocenters. The van der Waals surface area contributed by atoms with Crippen LogP contribution in [0.4, 0.5) is 0 Å². The van der Waals surface area contributed by atoms with Crippen molar-refractivity contribution in [2.75, 3.05) is 59.4 Å².